The second-order valence-electron chi connectivity index (χ2n) is 8.30. The summed E-state index contributed by atoms with van der Waals surface area (Å²) in [5.74, 6) is -4.23. The number of nitrogens with two attached hydrogens (primary N) is 3. The third kappa shape index (κ3) is 11.1. The lowest BCUT2D eigenvalue weighted by atomic mass is 10.0. The van der Waals surface area contributed by atoms with E-state index in [0.717, 1.165) is 0 Å². The van der Waals surface area contributed by atoms with Crippen LogP contribution < -0.4 is 33.2 Å². The monoisotopic (exact) mass is 525 g/mol. The highest BCUT2D eigenvalue weighted by Gasteiger charge is 2.32. The highest BCUT2D eigenvalue weighted by molar-refractivity contribution is 5.94. The summed E-state index contributed by atoms with van der Waals surface area (Å²) in [5, 5.41) is 45.1. The molecule has 5 unspecified atom stereocenters. The molecule has 0 aliphatic rings. The van der Waals surface area contributed by atoms with Gasteiger partial charge in [0, 0.05) is 13.0 Å². The molecular formula is C22H35N7O8. The van der Waals surface area contributed by atoms with Crippen LogP contribution in [0.3, 0.4) is 0 Å². The molecule has 1 rings (SSSR count). The van der Waals surface area contributed by atoms with E-state index in [9.17, 15) is 34.5 Å². The van der Waals surface area contributed by atoms with Crippen LogP contribution in [0.15, 0.2) is 29.3 Å². The van der Waals surface area contributed by atoms with Gasteiger partial charge in [-0.2, -0.15) is 0 Å². The normalized spacial score (nSPS) is 14.8. The van der Waals surface area contributed by atoms with Crippen molar-refractivity contribution in [1.29, 1.82) is 0 Å². The van der Waals surface area contributed by atoms with Crippen molar-refractivity contribution in [1.82, 2.24) is 16.0 Å². The number of phenols is 1. The second kappa shape index (κ2) is 15.2. The molecule has 1 aromatic rings. The van der Waals surface area contributed by atoms with E-state index in [1.807, 2.05) is 0 Å². The Morgan fingerprint density at radius 1 is 0.973 bits per heavy atom. The van der Waals surface area contributed by atoms with Gasteiger partial charge in [-0.15, -0.1) is 0 Å². The first-order chi connectivity index (χ1) is 17.3. The summed E-state index contributed by atoms with van der Waals surface area (Å²) in [6, 6.07) is 0.222. The number of carboxylic acids is 1. The molecule has 0 radical (unpaired) electrons. The number of nitrogens with one attached hydrogen (secondary N) is 3. The fraction of sp³-hybridized carbons (Fsp3) is 0.500. The molecular weight excluding hydrogens is 490 g/mol. The number of aliphatic imine (C=N–C) groups is 1. The van der Waals surface area contributed by atoms with Gasteiger partial charge in [-0.3, -0.25) is 19.4 Å². The molecule has 5 atom stereocenters. The van der Waals surface area contributed by atoms with Crippen molar-refractivity contribution in [3.05, 3.63) is 29.8 Å². The molecule has 0 saturated heterocycles. The van der Waals surface area contributed by atoms with E-state index in [0.29, 0.717) is 5.56 Å². The van der Waals surface area contributed by atoms with Gasteiger partial charge in [-0.05, 0) is 37.5 Å². The van der Waals surface area contributed by atoms with Gasteiger partial charge >= 0.3 is 5.97 Å². The van der Waals surface area contributed by atoms with Crippen molar-refractivity contribution in [3.8, 4) is 5.75 Å². The first-order valence-corrected chi connectivity index (χ1v) is 11.4. The molecule has 15 nitrogen and oxygen atoms in total. The molecule has 3 amide bonds. The van der Waals surface area contributed by atoms with Crippen LogP contribution in [0, 0.1) is 0 Å². The number of carbonyl (C=O) groups excluding carboxylic acids is 3. The van der Waals surface area contributed by atoms with Crippen molar-refractivity contribution in [2.75, 3.05) is 13.2 Å². The maximum atomic E-state index is 13.1. The zero-order valence-corrected chi connectivity index (χ0v) is 20.3. The Kier molecular flexibility index (Phi) is 12.8. The van der Waals surface area contributed by atoms with Crippen LogP contribution in [0.1, 0.15) is 25.3 Å². The number of aromatic hydroxyl groups is 1. The van der Waals surface area contributed by atoms with E-state index < -0.39 is 60.6 Å². The van der Waals surface area contributed by atoms with Crippen LogP contribution >= 0.6 is 0 Å². The summed E-state index contributed by atoms with van der Waals surface area (Å²) in [5.41, 5.74) is 16.5. The number of aliphatic hydroxyl groups is 2. The van der Waals surface area contributed by atoms with Gasteiger partial charge in [0.15, 0.2) is 5.96 Å². The third-order valence-corrected chi connectivity index (χ3v) is 5.17. The van der Waals surface area contributed by atoms with Gasteiger partial charge in [-0.25, -0.2) is 4.79 Å². The number of nitrogens with zero attached hydrogens (tertiary/aromatic N) is 1. The summed E-state index contributed by atoms with van der Waals surface area (Å²) in [7, 11) is 0. The lowest BCUT2D eigenvalue weighted by Crippen LogP contribution is -2.60. The fourth-order valence-electron chi connectivity index (χ4n) is 3.12. The van der Waals surface area contributed by atoms with Gasteiger partial charge in [0.05, 0.1) is 12.7 Å². The van der Waals surface area contributed by atoms with Crippen LogP contribution in [0.5, 0.6) is 5.75 Å². The molecule has 0 saturated carbocycles. The van der Waals surface area contributed by atoms with Gasteiger partial charge < -0.3 is 53.6 Å². The molecule has 0 bridgehead atoms. The first kappa shape index (κ1) is 31.1. The predicted octanol–water partition coefficient (Wildman–Crippen LogP) is -3.77. The van der Waals surface area contributed by atoms with Crippen LogP contribution in [0.2, 0.25) is 0 Å². The topological polar surface area (TPSA) is 276 Å². The maximum Gasteiger partial charge on any atom is 0.326 e. The molecule has 206 valence electrons. The number of carboxylic acid groups (broad SMARTS) is 1. The molecule has 0 aliphatic carbocycles. The minimum absolute atomic E-state index is 0.0202. The van der Waals surface area contributed by atoms with Crippen LogP contribution in [0.25, 0.3) is 0 Å². The SMILES string of the molecule is CC(O)C(NC(=O)C(Cc1ccc(O)cc1)NC(=O)C(N)CO)C(=O)NC(CCCN=C(N)N)C(=O)O. The molecule has 0 fully saturated rings. The molecule has 0 aromatic heterocycles. The average Bonchev–Trinajstić information content (AvgIpc) is 2.83. The number of aliphatic hydroxyl groups excluding tert-OH is 2. The first-order valence-electron chi connectivity index (χ1n) is 11.4. The third-order valence-electron chi connectivity index (χ3n) is 5.17. The van der Waals surface area contributed by atoms with Crippen molar-refractivity contribution < 1.29 is 39.6 Å². The van der Waals surface area contributed by atoms with Crippen LogP contribution in [-0.4, -0.2) is 93.5 Å². The lowest BCUT2D eigenvalue weighted by molar-refractivity contribution is -0.143. The molecule has 1 aromatic carbocycles. The number of rotatable bonds is 15. The summed E-state index contributed by atoms with van der Waals surface area (Å²) in [6.45, 7) is 0.666. The van der Waals surface area contributed by atoms with E-state index in [4.69, 9.17) is 22.3 Å². The maximum absolute atomic E-state index is 13.1. The van der Waals surface area contributed by atoms with E-state index in [2.05, 4.69) is 20.9 Å². The quantitative estimate of drug-likeness (QED) is 0.0602. The number of benzene rings is 1. The van der Waals surface area contributed by atoms with E-state index >= 15 is 0 Å². The largest absolute Gasteiger partial charge is 0.508 e. The van der Waals surface area contributed by atoms with Crippen LogP contribution in [-0.2, 0) is 25.6 Å². The van der Waals surface area contributed by atoms with Crippen molar-refractivity contribution >= 4 is 29.7 Å². The molecule has 13 N–H and O–H groups in total. The second-order valence-corrected chi connectivity index (χ2v) is 8.30. The number of carbonyl (C=O) groups is 4. The Balaban J connectivity index is 3.01. The predicted molar refractivity (Wildman–Crippen MR) is 132 cm³/mol. The summed E-state index contributed by atoms with van der Waals surface area (Å²) in [4.78, 5) is 53.4. The Morgan fingerprint density at radius 2 is 1.57 bits per heavy atom. The minimum atomic E-state index is -1.57. The van der Waals surface area contributed by atoms with Crippen LogP contribution in [0.4, 0.5) is 0 Å². The summed E-state index contributed by atoms with van der Waals surface area (Å²) >= 11 is 0. The zero-order chi connectivity index (χ0) is 28.1. The fourth-order valence-corrected chi connectivity index (χ4v) is 3.12. The molecule has 0 heterocycles. The lowest BCUT2D eigenvalue weighted by Gasteiger charge is -2.26. The molecule has 0 spiro atoms. The van der Waals surface area contributed by atoms with Crippen molar-refractivity contribution in [2.24, 2.45) is 22.2 Å². The average molecular weight is 526 g/mol. The number of amides is 3. The van der Waals surface area contributed by atoms with E-state index in [-0.39, 0.29) is 37.5 Å². The van der Waals surface area contributed by atoms with Gasteiger partial charge in [0.2, 0.25) is 17.7 Å². The van der Waals surface area contributed by atoms with Gasteiger partial charge in [-0.1, -0.05) is 12.1 Å². The summed E-state index contributed by atoms with van der Waals surface area (Å²) in [6.07, 6.45) is -1.33. The van der Waals surface area contributed by atoms with E-state index in [1.54, 1.807) is 0 Å². The van der Waals surface area contributed by atoms with E-state index in [1.165, 1.54) is 31.2 Å². The minimum Gasteiger partial charge on any atom is -0.508 e. The number of phenolic OH excluding ortho intramolecular Hbond substituents is 1. The zero-order valence-electron chi connectivity index (χ0n) is 20.3. The van der Waals surface area contributed by atoms with Crippen molar-refractivity contribution in [2.45, 2.75) is 56.5 Å². The number of guanidine groups is 1. The highest BCUT2D eigenvalue weighted by atomic mass is 16.4. The highest BCUT2D eigenvalue weighted by Crippen LogP contribution is 2.12. The van der Waals surface area contributed by atoms with Gasteiger partial charge in [0.1, 0.15) is 29.9 Å². The number of hydrogen-bond acceptors (Lipinski definition) is 9. The van der Waals surface area contributed by atoms with Gasteiger partial charge in [0.25, 0.3) is 0 Å². The Hall–Kier alpha value is -3.95. The van der Waals surface area contributed by atoms with Crippen molar-refractivity contribution in [3.63, 3.8) is 0 Å². The standard InChI is InChI=1S/C22H35N7O8/c1-11(31)17(20(35)27-15(21(36)37)3-2-8-26-22(24)25)29-19(34)16(28-18(33)14(23)10-30)9-12-4-6-13(32)7-5-12/h4-7,11,14-17,30-32H,2-3,8-10,23H2,1H3,(H,27,35)(H,28,33)(H,29,34)(H,36,37)(H4,24,25,26). The molecule has 37 heavy (non-hydrogen) atoms. The molecule has 15 heteroatoms. The summed E-state index contributed by atoms with van der Waals surface area (Å²) < 4.78 is 0. The smallest absolute Gasteiger partial charge is 0.326 e. The Labute approximate surface area is 213 Å². The molecule has 0 aliphatic heterocycles. The Morgan fingerprint density at radius 3 is 2.08 bits per heavy atom. The Bertz CT molecular complexity index is 951. The number of aliphatic carboxylic acids is 1. The number of hydrogen-bond donors (Lipinski definition) is 10.